The molecule has 1 heterocycles. The van der Waals surface area contributed by atoms with E-state index in [4.69, 9.17) is 5.73 Å². The number of aryl methyl sites for hydroxylation is 1. The Morgan fingerprint density at radius 1 is 1.44 bits per heavy atom. The molecule has 18 heavy (non-hydrogen) atoms. The molecule has 1 amide bonds. The van der Waals surface area contributed by atoms with Gasteiger partial charge >= 0.3 is 0 Å². The number of rotatable bonds is 4. The fourth-order valence-electron chi connectivity index (χ4n) is 1.94. The van der Waals surface area contributed by atoms with E-state index < -0.39 is 5.54 Å². The van der Waals surface area contributed by atoms with Crippen molar-refractivity contribution in [2.24, 2.45) is 5.73 Å². The Bertz CT molecular complexity index is 441. The Hall–Kier alpha value is -1.36. The van der Waals surface area contributed by atoms with Gasteiger partial charge in [-0.1, -0.05) is 0 Å². The van der Waals surface area contributed by atoms with Crippen molar-refractivity contribution in [1.29, 1.82) is 0 Å². The largest absolute Gasteiger partial charge is 0.325 e. The molecule has 1 rings (SSSR count). The molecule has 1 aromatic rings. The summed E-state index contributed by atoms with van der Waals surface area (Å²) in [5.74, 6) is -0.0722. The third-order valence-corrected chi connectivity index (χ3v) is 2.69. The van der Waals surface area contributed by atoms with Gasteiger partial charge in [-0.05, 0) is 41.5 Å². The van der Waals surface area contributed by atoms with Crippen molar-refractivity contribution in [1.82, 2.24) is 9.78 Å². The summed E-state index contributed by atoms with van der Waals surface area (Å²) in [5.41, 5.74) is 7.96. The van der Waals surface area contributed by atoms with E-state index in [-0.39, 0.29) is 11.9 Å². The minimum atomic E-state index is -0.500. The van der Waals surface area contributed by atoms with Gasteiger partial charge in [-0.15, -0.1) is 0 Å². The maximum Gasteiger partial charge on any atom is 0.226 e. The van der Waals surface area contributed by atoms with Crippen molar-refractivity contribution >= 4 is 11.6 Å². The van der Waals surface area contributed by atoms with E-state index in [9.17, 15) is 4.79 Å². The Morgan fingerprint density at radius 2 is 2.00 bits per heavy atom. The topological polar surface area (TPSA) is 72.9 Å². The second-order valence-corrected chi connectivity index (χ2v) is 5.80. The average Bonchev–Trinajstić information content (AvgIpc) is 2.42. The number of nitrogens with two attached hydrogens (primary N) is 1. The number of anilines is 1. The van der Waals surface area contributed by atoms with Gasteiger partial charge in [0, 0.05) is 18.0 Å². The monoisotopic (exact) mass is 252 g/mol. The van der Waals surface area contributed by atoms with E-state index in [0.717, 1.165) is 17.1 Å². The molecule has 0 unspecified atom stereocenters. The summed E-state index contributed by atoms with van der Waals surface area (Å²) < 4.78 is 1.92. The highest BCUT2D eigenvalue weighted by Gasteiger charge is 2.20. The molecule has 0 radical (unpaired) electrons. The van der Waals surface area contributed by atoms with E-state index in [1.54, 1.807) is 0 Å². The van der Waals surface area contributed by atoms with E-state index in [1.807, 2.05) is 32.4 Å². The number of nitrogens with one attached hydrogen (secondary N) is 1. The molecule has 0 aliphatic rings. The van der Waals surface area contributed by atoms with Crippen LogP contribution in [0, 0.1) is 13.8 Å². The minimum absolute atomic E-state index is 0.0722. The Morgan fingerprint density at radius 3 is 2.39 bits per heavy atom. The number of amides is 1. The van der Waals surface area contributed by atoms with E-state index in [1.165, 1.54) is 0 Å². The minimum Gasteiger partial charge on any atom is -0.325 e. The average molecular weight is 252 g/mol. The highest BCUT2D eigenvalue weighted by Crippen LogP contribution is 2.22. The van der Waals surface area contributed by atoms with E-state index in [0.29, 0.717) is 6.42 Å². The fourth-order valence-corrected chi connectivity index (χ4v) is 1.94. The molecule has 0 bridgehead atoms. The van der Waals surface area contributed by atoms with Crippen LogP contribution in [0.2, 0.25) is 0 Å². The lowest BCUT2D eigenvalue weighted by atomic mass is 10.0. The summed E-state index contributed by atoms with van der Waals surface area (Å²) in [7, 11) is 0. The smallest absolute Gasteiger partial charge is 0.226 e. The van der Waals surface area contributed by atoms with Gasteiger partial charge in [0.1, 0.15) is 0 Å². The van der Waals surface area contributed by atoms with Crippen LogP contribution in [-0.2, 0) is 4.79 Å². The summed E-state index contributed by atoms with van der Waals surface area (Å²) in [4.78, 5) is 11.9. The highest BCUT2D eigenvalue weighted by molar-refractivity contribution is 5.92. The molecule has 0 fully saturated rings. The van der Waals surface area contributed by atoms with Crippen LogP contribution in [0.3, 0.4) is 0 Å². The van der Waals surface area contributed by atoms with Crippen molar-refractivity contribution in [2.75, 3.05) is 5.32 Å². The first-order chi connectivity index (χ1) is 8.11. The number of carbonyl (C=O) groups excluding carboxylic acids is 1. The molecule has 0 aliphatic carbocycles. The maximum absolute atomic E-state index is 11.9. The molecule has 102 valence electrons. The van der Waals surface area contributed by atoms with Gasteiger partial charge in [-0.25, -0.2) is 0 Å². The van der Waals surface area contributed by atoms with E-state index >= 15 is 0 Å². The van der Waals surface area contributed by atoms with Crippen LogP contribution < -0.4 is 11.1 Å². The summed E-state index contributed by atoms with van der Waals surface area (Å²) >= 11 is 0. The number of carbonyl (C=O) groups is 1. The fraction of sp³-hybridized carbons (Fsp3) is 0.692. The van der Waals surface area contributed by atoms with Crippen molar-refractivity contribution in [3.05, 3.63) is 11.4 Å². The second-order valence-electron chi connectivity index (χ2n) is 5.80. The first-order valence-electron chi connectivity index (χ1n) is 6.26. The number of aromatic nitrogens is 2. The van der Waals surface area contributed by atoms with Crippen molar-refractivity contribution < 1.29 is 4.79 Å². The van der Waals surface area contributed by atoms with Gasteiger partial charge in [0.2, 0.25) is 5.91 Å². The SMILES string of the molecule is Cc1nn(C(C)C)c(C)c1NC(=O)CC(C)(C)N. The lowest BCUT2D eigenvalue weighted by Crippen LogP contribution is -2.36. The van der Waals surface area contributed by atoms with Crippen molar-refractivity contribution in [3.8, 4) is 0 Å². The van der Waals surface area contributed by atoms with Gasteiger partial charge in [0.25, 0.3) is 0 Å². The Balaban J connectivity index is 2.89. The van der Waals surface area contributed by atoms with Gasteiger partial charge in [0.15, 0.2) is 0 Å². The standard InChI is InChI=1S/C13H24N4O/c1-8(2)17-10(4)12(9(3)16-17)15-11(18)7-13(5,6)14/h8H,7,14H2,1-6H3,(H,15,18). The van der Waals surface area contributed by atoms with Crippen molar-refractivity contribution in [2.45, 2.75) is 59.5 Å². The first kappa shape index (κ1) is 14.7. The third-order valence-electron chi connectivity index (χ3n) is 2.69. The zero-order valence-corrected chi connectivity index (χ0v) is 12.2. The maximum atomic E-state index is 11.9. The van der Waals surface area contributed by atoms with Gasteiger partial charge < -0.3 is 11.1 Å². The molecular formula is C13H24N4O. The van der Waals surface area contributed by atoms with Gasteiger partial charge in [-0.2, -0.15) is 5.10 Å². The lowest BCUT2D eigenvalue weighted by Gasteiger charge is -2.17. The molecule has 0 saturated heterocycles. The van der Waals surface area contributed by atoms with Crippen LogP contribution in [0.25, 0.3) is 0 Å². The summed E-state index contributed by atoms with van der Waals surface area (Å²) in [6.07, 6.45) is 0.290. The molecule has 0 spiro atoms. The van der Waals surface area contributed by atoms with Gasteiger partial charge in [0.05, 0.1) is 17.1 Å². The third kappa shape index (κ3) is 3.57. The van der Waals surface area contributed by atoms with Crippen molar-refractivity contribution in [3.63, 3.8) is 0 Å². The van der Waals surface area contributed by atoms with Crippen LogP contribution in [-0.4, -0.2) is 21.2 Å². The highest BCUT2D eigenvalue weighted by atomic mass is 16.1. The zero-order valence-electron chi connectivity index (χ0n) is 12.2. The normalized spacial score (nSPS) is 12.0. The summed E-state index contributed by atoms with van der Waals surface area (Å²) in [6, 6.07) is 0.278. The molecule has 5 heteroatoms. The number of hydrogen-bond donors (Lipinski definition) is 2. The van der Waals surface area contributed by atoms with Gasteiger partial charge in [-0.3, -0.25) is 9.48 Å². The molecule has 0 aromatic carbocycles. The predicted octanol–water partition coefficient (Wildman–Crippen LogP) is 2.15. The Labute approximate surface area is 109 Å². The first-order valence-corrected chi connectivity index (χ1v) is 6.26. The zero-order chi connectivity index (χ0) is 14.1. The molecule has 1 aromatic heterocycles. The summed E-state index contributed by atoms with van der Waals surface area (Å²) in [5, 5.41) is 7.34. The quantitative estimate of drug-likeness (QED) is 0.862. The molecular weight excluding hydrogens is 228 g/mol. The van der Waals surface area contributed by atoms with Crippen LogP contribution in [0.1, 0.15) is 51.5 Å². The molecule has 0 aliphatic heterocycles. The molecule has 5 nitrogen and oxygen atoms in total. The molecule has 0 atom stereocenters. The van der Waals surface area contributed by atoms with Crippen LogP contribution in [0.4, 0.5) is 5.69 Å². The molecule has 0 saturated carbocycles. The number of hydrogen-bond acceptors (Lipinski definition) is 3. The van der Waals surface area contributed by atoms with E-state index in [2.05, 4.69) is 24.3 Å². The number of nitrogens with zero attached hydrogens (tertiary/aromatic N) is 2. The molecule has 3 N–H and O–H groups in total. The van der Waals surface area contributed by atoms with Crippen LogP contribution in [0.15, 0.2) is 0 Å². The Kier molecular flexibility index (Phi) is 4.16. The second kappa shape index (κ2) is 5.10. The van der Waals surface area contributed by atoms with Crippen LogP contribution >= 0.6 is 0 Å². The lowest BCUT2D eigenvalue weighted by molar-refractivity contribution is -0.117. The summed E-state index contributed by atoms with van der Waals surface area (Å²) in [6.45, 7) is 11.7. The van der Waals surface area contributed by atoms with Crippen LogP contribution in [0.5, 0.6) is 0 Å². The predicted molar refractivity (Wildman–Crippen MR) is 73.6 cm³/mol.